The lowest BCUT2D eigenvalue weighted by Gasteiger charge is -2.25. The Bertz CT molecular complexity index is 938. The van der Waals surface area contributed by atoms with Crippen LogP contribution in [0.2, 0.25) is 0 Å². The van der Waals surface area contributed by atoms with Gasteiger partial charge in [0.2, 0.25) is 5.91 Å². The molecule has 0 bridgehead atoms. The molecule has 0 aromatic heterocycles. The first-order valence-electron chi connectivity index (χ1n) is 8.39. The fourth-order valence-electron chi connectivity index (χ4n) is 3.14. The molecule has 7 heteroatoms. The summed E-state index contributed by atoms with van der Waals surface area (Å²) < 4.78 is 10.4. The van der Waals surface area contributed by atoms with Crippen molar-refractivity contribution in [2.75, 3.05) is 24.4 Å². The summed E-state index contributed by atoms with van der Waals surface area (Å²) in [7, 11) is 3.02. The van der Waals surface area contributed by atoms with E-state index in [-0.39, 0.29) is 0 Å². The Balaban J connectivity index is 1.87. The van der Waals surface area contributed by atoms with E-state index in [1.54, 1.807) is 50.2 Å². The molecule has 7 nitrogen and oxygen atoms in total. The van der Waals surface area contributed by atoms with Crippen LogP contribution < -0.4 is 19.7 Å². The highest BCUT2D eigenvalue weighted by atomic mass is 16.5. The third-order valence-electron chi connectivity index (χ3n) is 4.55. The maximum atomic E-state index is 12.7. The molecule has 1 heterocycles. The Hall–Kier alpha value is -3.35. The van der Waals surface area contributed by atoms with Crippen molar-refractivity contribution in [3.63, 3.8) is 0 Å². The van der Waals surface area contributed by atoms with Crippen LogP contribution in [0.5, 0.6) is 11.5 Å². The molecule has 0 aliphatic carbocycles. The quantitative estimate of drug-likeness (QED) is 0.820. The highest BCUT2D eigenvalue weighted by molar-refractivity contribution is 6.53. The largest absolute Gasteiger partial charge is 0.493 e. The number of carbonyl (C=O) groups excluding carboxylic acids is 3. The summed E-state index contributed by atoms with van der Waals surface area (Å²) in [6.45, 7) is 3.39. The van der Waals surface area contributed by atoms with Gasteiger partial charge in [-0.05, 0) is 37.6 Å². The number of aryl methyl sites for hydroxylation is 1. The first kappa shape index (κ1) is 18.4. The monoisotopic (exact) mass is 368 g/mol. The summed E-state index contributed by atoms with van der Waals surface area (Å²) >= 11 is 0. The number of Topliss-reactive ketones (excluding diaryl/α,β-unsaturated/α-hetero) is 1. The van der Waals surface area contributed by atoms with Gasteiger partial charge in [0.05, 0.1) is 25.5 Å². The van der Waals surface area contributed by atoms with Crippen molar-refractivity contribution in [1.29, 1.82) is 0 Å². The molecular formula is C20H20N2O5. The van der Waals surface area contributed by atoms with Gasteiger partial charge in [-0.1, -0.05) is 12.1 Å². The predicted octanol–water partition coefficient (Wildman–Crippen LogP) is 2.57. The zero-order valence-corrected chi connectivity index (χ0v) is 15.5. The summed E-state index contributed by atoms with van der Waals surface area (Å²) in [5.74, 6) is -0.710. The Kier molecular flexibility index (Phi) is 4.85. The standard InChI is InChI=1S/C20H20N2O5/c1-11-6-5-7-14-17(11)22(20(25)18(14)23)12(2)19(24)21-13-8-9-15(26-3)16(10-13)27-4/h5-10,12H,1-4H3,(H,21,24). The molecule has 0 spiro atoms. The second kappa shape index (κ2) is 7.11. The number of hydrogen-bond donors (Lipinski definition) is 1. The molecule has 1 atom stereocenters. The number of ether oxygens (including phenoxy) is 2. The van der Waals surface area contributed by atoms with Gasteiger partial charge >= 0.3 is 0 Å². The van der Waals surface area contributed by atoms with Crippen LogP contribution in [0.4, 0.5) is 11.4 Å². The van der Waals surface area contributed by atoms with E-state index in [9.17, 15) is 14.4 Å². The smallest absolute Gasteiger partial charge is 0.300 e. The number of rotatable bonds is 5. The average Bonchev–Trinajstić information content (AvgIpc) is 2.93. The lowest BCUT2D eigenvalue weighted by molar-refractivity contribution is -0.120. The number of methoxy groups -OCH3 is 2. The van der Waals surface area contributed by atoms with Crippen molar-refractivity contribution >= 4 is 29.0 Å². The number of carbonyl (C=O) groups is 3. The third kappa shape index (κ3) is 3.12. The highest BCUT2D eigenvalue weighted by Crippen LogP contribution is 2.34. The van der Waals surface area contributed by atoms with Crippen molar-refractivity contribution in [3.05, 3.63) is 47.5 Å². The molecular weight excluding hydrogens is 348 g/mol. The first-order valence-corrected chi connectivity index (χ1v) is 8.39. The van der Waals surface area contributed by atoms with Gasteiger partial charge < -0.3 is 14.8 Å². The van der Waals surface area contributed by atoms with Gasteiger partial charge in [-0.3, -0.25) is 19.3 Å². The molecule has 27 heavy (non-hydrogen) atoms. The van der Waals surface area contributed by atoms with Gasteiger partial charge in [-0.25, -0.2) is 0 Å². The van der Waals surface area contributed by atoms with Crippen LogP contribution in [0, 0.1) is 6.92 Å². The molecule has 2 aromatic rings. The molecule has 0 saturated heterocycles. The Labute approximate surface area is 156 Å². The van der Waals surface area contributed by atoms with Gasteiger partial charge in [-0.2, -0.15) is 0 Å². The number of nitrogens with zero attached hydrogens (tertiary/aromatic N) is 1. The minimum Gasteiger partial charge on any atom is -0.493 e. The van der Waals surface area contributed by atoms with E-state index in [4.69, 9.17) is 9.47 Å². The van der Waals surface area contributed by atoms with Crippen LogP contribution in [-0.4, -0.2) is 37.9 Å². The topological polar surface area (TPSA) is 84.9 Å². The number of para-hydroxylation sites is 1. The molecule has 140 valence electrons. The number of hydrogen-bond acceptors (Lipinski definition) is 5. The lowest BCUT2D eigenvalue weighted by atomic mass is 10.1. The minimum absolute atomic E-state index is 0.325. The van der Waals surface area contributed by atoms with Crippen molar-refractivity contribution in [3.8, 4) is 11.5 Å². The fraction of sp³-hybridized carbons (Fsp3) is 0.250. The summed E-state index contributed by atoms with van der Waals surface area (Å²) in [6, 6.07) is 9.22. The Morgan fingerprint density at radius 3 is 2.44 bits per heavy atom. The van der Waals surface area contributed by atoms with Crippen molar-refractivity contribution in [1.82, 2.24) is 0 Å². The molecule has 0 radical (unpaired) electrons. The summed E-state index contributed by atoms with van der Waals surface area (Å²) in [6.07, 6.45) is 0. The van der Waals surface area contributed by atoms with E-state index in [2.05, 4.69) is 5.32 Å². The molecule has 1 aliphatic rings. The lowest BCUT2D eigenvalue weighted by Crippen LogP contribution is -2.45. The molecule has 0 saturated carbocycles. The SMILES string of the molecule is COc1ccc(NC(=O)C(C)N2C(=O)C(=O)c3cccc(C)c32)cc1OC. The summed E-state index contributed by atoms with van der Waals surface area (Å²) in [5.41, 5.74) is 2.07. The Morgan fingerprint density at radius 1 is 1.07 bits per heavy atom. The van der Waals surface area contributed by atoms with Crippen molar-refractivity contribution in [2.45, 2.75) is 19.9 Å². The van der Waals surface area contributed by atoms with Crippen LogP contribution in [0.25, 0.3) is 0 Å². The van der Waals surface area contributed by atoms with Crippen LogP contribution in [-0.2, 0) is 9.59 Å². The number of anilines is 2. The fourth-order valence-corrected chi connectivity index (χ4v) is 3.14. The van der Waals surface area contributed by atoms with E-state index in [0.29, 0.717) is 28.4 Å². The molecule has 1 unspecified atom stereocenters. The van der Waals surface area contributed by atoms with Crippen LogP contribution in [0.3, 0.4) is 0 Å². The van der Waals surface area contributed by atoms with E-state index in [1.807, 2.05) is 0 Å². The van der Waals surface area contributed by atoms with E-state index in [1.165, 1.54) is 19.1 Å². The molecule has 3 rings (SSSR count). The predicted molar refractivity (Wildman–Crippen MR) is 101 cm³/mol. The van der Waals surface area contributed by atoms with Crippen molar-refractivity contribution < 1.29 is 23.9 Å². The molecule has 2 amide bonds. The molecule has 1 N–H and O–H groups in total. The molecule has 2 aromatic carbocycles. The highest BCUT2D eigenvalue weighted by Gasteiger charge is 2.41. The zero-order chi connectivity index (χ0) is 19.7. The van der Waals surface area contributed by atoms with Gasteiger partial charge in [0.15, 0.2) is 11.5 Å². The van der Waals surface area contributed by atoms with Gasteiger partial charge in [0.1, 0.15) is 6.04 Å². The van der Waals surface area contributed by atoms with Crippen molar-refractivity contribution in [2.24, 2.45) is 0 Å². The number of benzene rings is 2. The Morgan fingerprint density at radius 2 is 1.78 bits per heavy atom. The number of ketones is 1. The number of nitrogens with one attached hydrogen (secondary N) is 1. The van der Waals surface area contributed by atoms with Crippen LogP contribution in [0.1, 0.15) is 22.8 Å². The minimum atomic E-state index is -0.864. The number of fused-ring (bicyclic) bond motifs is 1. The van der Waals surface area contributed by atoms with Gasteiger partial charge in [0, 0.05) is 11.8 Å². The zero-order valence-electron chi connectivity index (χ0n) is 15.5. The number of amides is 2. The van der Waals surface area contributed by atoms with Crippen LogP contribution >= 0.6 is 0 Å². The van der Waals surface area contributed by atoms with Gasteiger partial charge in [-0.15, -0.1) is 0 Å². The second-order valence-corrected chi connectivity index (χ2v) is 6.21. The maximum absolute atomic E-state index is 12.7. The maximum Gasteiger partial charge on any atom is 0.300 e. The van der Waals surface area contributed by atoms with E-state index in [0.717, 1.165) is 5.56 Å². The van der Waals surface area contributed by atoms with E-state index < -0.39 is 23.6 Å². The first-order chi connectivity index (χ1) is 12.9. The second-order valence-electron chi connectivity index (χ2n) is 6.21. The third-order valence-corrected chi connectivity index (χ3v) is 4.55. The summed E-state index contributed by atoms with van der Waals surface area (Å²) in [5, 5.41) is 2.75. The van der Waals surface area contributed by atoms with E-state index >= 15 is 0 Å². The average molecular weight is 368 g/mol. The normalized spacial score (nSPS) is 14.0. The summed E-state index contributed by atoms with van der Waals surface area (Å²) in [4.78, 5) is 38.7. The molecule has 0 fully saturated rings. The van der Waals surface area contributed by atoms with Gasteiger partial charge in [0.25, 0.3) is 11.7 Å². The molecule has 1 aliphatic heterocycles. The van der Waals surface area contributed by atoms with Crippen LogP contribution in [0.15, 0.2) is 36.4 Å².